The molecule has 4 heteroatoms. The monoisotopic (exact) mass is 270 g/mol. The smallest absolute Gasteiger partial charge is 0.132 e. The minimum absolute atomic E-state index is 0.495. The number of anilines is 1. The maximum Gasteiger partial charge on any atom is 0.132 e. The zero-order valence-electron chi connectivity index (χ0n) is 9.20. The number of hydrogen-bond donors (Lipinski definition) is 1. The van der Waals surface area contributed by atoms with Crippen LogP contribution in [0.1, 0.15) is 24.4 Å². The molecular formula is C11H17BrN3+. The van der Waals surface area contributed by atoms with Gasteiger partial charge in [0.05, 0.1) is 26.2 Å². The van der Waals surface area contributed by atoms with Gasteiger partial charge in [0, 0.05) is 23.5 Å². The Morgan fingerprint density at radius 1 is 1.53 bits per heavy atom. The van der Waals surface area contributed by atoms with Crippen LogP contribution in [0.4, 0.5) is 5.82 Å². The van der Waals surface area contributed by atoms with Crippen LogP contribution in [0.25, 0.3) is 0 Å². The first kappa shape index (κ1) is 10.9. The second kappa shape index (κ2) is 3.76. The van der Waals surface area contributed by atoms with Crippen LogP contribution in [0.15, 0.2) is 16.7 Å². The Hall–Kier alpha value is -0.610. The van der Waals surface area contributed by atoms with Crippen LogP contribution >= 0.6 is 15.9 Å². The van der Waals surface area contributed by atoms with Crippen molar-refractivity contribution in [2.75, 3.05) is 26.4 Å². The van der Waals surface area contributed by atoms with Crippen LogP contribution in [0.3, 0.4) is 0 Å². The molecule has 0 spiro atoms. The van der Waals surface area contributed by atoms with Gasteiger partial charge in [0.15, 0.2) is 0 Å². The molecule has 1 aliphatic rings. The number of nitrogens with two attached hydrogens (primary N) is 1. The summed E-state index contributed by atoms with van der Waals surface area (Å²) in [6.07, 6.45) is 4.23. The van der Waals surface area contributed by atoms with Crippen molar-refractivity contribution < 1.29 is 4.48 Å². The Morgan fingerprint density at radius 3 is 2.87 bits per heavy atom. The van der Waals surface area contributed by atoms with E-state index in [4.69, 9.17) is 5.73 Å². The van der Waals surface area contributed by atoms with Crippen molar-refractivity contribution in [3.8, 4) is 0 Å². The molecule has 0 radical (unpaired) electrons. The minimum atomic E-state index is 0.495. The SMILES string of the molecule is C[N+]1(C)CCCC1c1cc(Br)cnc1N. The summed E-state index contributed by atoms with van der Waals surface area (Å²) in [6.45, 7) is 1.22. The fourth-order valence-corrected chi connectivity index (χ4v) is 2.81. The van der Waals surface area contributed by atoms with E-state index in [1.54, 1.807) is 6.20 Å². The van der Waals surface area contributed by atoms with Crippen LogP contribution in [-0.4, -0.2) is 30.1 Å². The lowest BCUT2D eigenvalue weighted by Gasteiger charge is -2.32. The lowest BCUT2D eigenvalue weighted by Crippen LogP contribution is -2.38. The normalized spacial score (nSPS) is 24.3. The maximum atomic E-state index is 5.95. The predicted molar refractivity (Wildman–Crippen MR) is 65.3 cm³/mol. The molecule has 82 valence electrons. The van der Waals surface area contributed by atoms with Gasteiger partial charge in [-0.2, -0.15) is 0 Å². The molecule has 1 aromatic rings. The molecule has 3 nitrogen and oxygen atoms in total. The number of halogens is 1. The number of nitrogen functional groups attached to an aromatic ring is 1. The molecule has 1 atom stereocenters. The Kier molecular flexibility index (Phi) is 2.73. The van der Waals surface area contributed by atoms with Gasteiger partial charge in [-0.15, -0.1) is 0 Å². The van der Waals surface area contributed by atoms with Crippen molar-refractivity contribution in [1.82, 2.24) is 4.98 Å². The van der Waals surface area contributed by atoms with E-state index >= 15 is 0 Å². The summed E-state index contributed by atoms with van der Waals surface area (Å²) in [5, 5.41) is 0. The van der Waals surface area contributed by atoms with Crippen LogP contribution in [0.5, 0.6) is 0 Å². The molecule has 0 bridgehead atoms. The number of likely N-dealkylation sites (tertiary alicyclic amines) is 1. The van der Waals surface area contributed by atoms with E-state index in [1.807, 2.05) is 0 Å². The van der Waals surface area contributed by atoms with Gasteiger partial charge in [-0.25, -0.2) is 4.98 Å². The molecule has 1 aliphatic heterocycles. The fraction of sp³-hybridized carbons (Fsp3) is 0.545. The second-order valence-electron chi connectivity index (χ2n) is 4.79. The maximum absolute atomic E-state index is 5.95. The number of pyridine rings is 1. The molecule has 0 saturated carbocycles. The largest absolute Gasteiger partial charge is 0.383 e. The third-order valence-corrected chi connectivity index (χ3v) is 3.76. The molecule has 2 rings (SSSR count). The van der Waals surface area contributed by atoms with Crippen molar-refractivity contribution in [3.63, 3.8) is 0 Å². The van der Waals surface area contributed by atoms with Crippen LogP contribution < -0.4 is 5.73 Å². The molecular weight excluding hydrogens is 254 g/mol. The van der Waals surface area contributed by atoms with E-state index in [-0.39, 0.29) is 0 Å². The molecule has 1 saturated heterocycles. The molecule has 0 aliphatic carbocycles. The van der Waals surface area contributed by atoms with Crippen LogP contribution in [0.2, 0.25) is 0 Å². The molecule has 2 heterocycles. The molecule has 15 heavy (non-hydrogen) atoms. The van der Waals surface area contributed by atoms with E-state index in [2.05, 4.69) is 41.1 Å². The first-order chi connectivity index (χ1) is 7.00. The predicted octanol–water partition coefficient (Wildman–Crippen LogP) is 2.34. The van der Waals surface area contributed by atoms with Crippen LogP contribution in [0, 0.1) is 0 Å². The van der Waals surface area contributed by atoms with Gasteiger partial charge in [-0.05, 0) is 22.0 Å². The lowest BCUT2D eigenvalue weighted by molar-refractivity contribution is -0.907. The summed E-state index contributed by atoms with van der Waals surface area (Å²) in [6, 6.07) is 2.60. The summed E-state index contributed by atoms with van der Waals surface area (Å²) in [5.74, 6) is 0.677. The third-order valence-electron chi connectivity index (χ3n) is 3.33. The van der Waals surface area contributed by atoms with Crippen LogP contribution in [-0.2, 0) is 0 Å². The Labute approximate surface area is 99.0 Å². The van der Waals surface area contributed by atoms with Crippen molar-refractivity contribution >= 4 is 21.7 Å². The molecule has 1 fully saturated rings. The summed E-state index contributed by atoms with van der Waals surface area (Å²) in [7, 11) is 4.52. The molecule has 1 aromatic heterocycles. The van der Waals surface area contributed by atoms with E-state index in [9.17, 15) is 0 Å². The standard InChI is InChI=1S/C11H17BrN3/c1-15(2)5-3-4-10(15)9-6-8(12)7-14-11(9)13/h6-7,10H,3-5H2,1-2H3,(H2,13,14)/q+1. The van der Waals surface area contributed by atoms with Crippen molar-refractivity contribution in [2.24, 2.45) is 0 Å². The first-order valence-corrected chi connectivity index (χ1v) is 6.03. The summed E-state index contributed by atoms with van der Waals surface area (Å²) in [5.41, 5.74) is 7.14. The Morgan fingerprint density at radius 2 is 2.27 bits per heavy atom. The van der Waals surface area contributed by atoms with E-state index < -0.39 is 0 Å². The fourth-order valence-electron chi connectivity index (χ4n) is 2.46. The second-order valence-corrected chi connectivity index (χ2v) is 5.70. The van der Waals surface area contributed by atoms with E-state index in [0.29, 0.717) is 11.9 Å². The summed E-state index contributed by atoms with van der Waals surface area (Å²) < 4.78 is 2.03. The van der Waals surface area contributed by atoms with Gasteiger partial charge in [0.1, 0.15) is 11.9 Å². The van der Waals surface area contributed by atoms with E-state index in [1.165, 1.54) is 24.9 Å². The number of quaternary nitrogens is 1. The first-order valence-electron chi connectivity index (χ1n) is 5.24. The number of aromatic nitrogens is 1. The highest BCUT2D eigenvalue weighted by Gasteiger charge is 2.36. The Balaban J connectivity index is 2.40. The molecule has 0 aromatic carbocycles. The highest BCUT2D eigenvalue weighted by atomic mass is 79.9. The molecule has 0 amide bonds. The highest BCUT2D eigenvalue weighted by Crippen LogP contribution is 2.38. The van der Waals surface area contributed by atoms with Crippen molar-refractivity contribution in [3.05, 3.63) is 22.3 Å². The summed E-state index contributed by atoms with van der Waals surface area (Å²) >= 11 is 3.46. The van der Waals surface area contributed by atoms with Gasteiger partial charge in [0.2, 0.25) is 0 Å². The molecule has 1 unspecified atom stereocenters. The average molecular weight is 271 g/mol. The zero-order valence-corrected chi connectivity index (χ0v) is 10.8. The topological polar surface area (TPSA) is 38.9 Å². The van der Waals surface area contributed by atoms with Gasteiger partial charge in [0.25, 0.3) is 0 Å². The van der Waals surface area contributed by atoms with Crippen molar-refractivity contribution in [2.45, 2.75) is 18.9 Å². The lowest BCUT2D eigenvalue weighted by atomic mass is 10.0. The van der Waals surface area contributed by atoms with Gasteiger partial charge in [-0.1, -0.05) is 0 Å². The average Bonchev–Trinajstić information content (AvgIpc) is 2.50. The highest BCUT2D eigenvalue weighted by molar-refractivity contribution is 9.10. The Bertz CT molecular complexity index is 376. The number of hydrogen-bond acceptors (Lipinski definition) is 2. The number of rotatable bonds is 1. The van der Waals surface area contributed by atoms with Gasteiger partial charge < -0.3 is 10.2 Å². The van der Waals surface area contributed by atoms with Crippen molar-refractivity contribution in [1.29, 1.82) is 0 Å². The quantitative estimate of drug-likeness (QED) is 0.796. The summed E-state index contributed by atoms with van der Waals surface area (Å²) in [4.78, 5) is 4.21. The van der Waals surface area contributed by atoms with Gasteiger partial charge >= 0.3 is 0 Å². The van der Waals surface area contributed by atoms with E-state index in [0.717, 1.165) is 8.96 Å². The third kappa shape index (κ3) is 2.01. The zero-order chi connectivity index (χ0) is 11.1. The van der Waals surface area contributed by atoms with Gasteiger partial charge in [-0.3, -0.25) is 0 Å². The number of nitrogens with zero attached hydrogens (tertiary/aromatic N) is 2. The molecule has 2 N–H and O–H groups in total. The minimum Gasteiger partial charge on any atom is -0.383 e.